The summed E-state index contributed by atoms with van der Waals surface area (Å²) in [4.78, 5) is 12.0. The highest BCUT2D eigenvalue weighted by atomic mass is 32.2. The molecule has 0 N–H and O–H groups in total. The molecule has 1 aromatic carbocycles. The van der Waals surface area contributed by atoms with Gasteiger partial charge in [-0.25, -0.2) is 13.2 Å². The molecule has 0 aliphatic rings. The van der Waals surface area contributed by atoms with Crippen LogP contribution in [0.15, 0.2) is 29.2 Å². The first-order valence-corrected chi connectivity index (χ1v) is 8.79. The van der Waals surface area contributed by atoms with Gasteiger partial charge in [-0.3, -0.25) is 0 Å². The van der Waals surface area contributed by atoms with Crippen LogP contribution in [0, 0.1) is 0 Å². The Morgan fingerprint density at radius 3 is 1.86 bits per heavy atom. The quantitative estimate of drug-likeness (QED) is 0.263. The fraction of sp³-hybridized carbons (Fsp3) is 0.364. The van der Waals surface area contributed by atoms with E-state index in [1.807, 2.05) is 12.1 Å². The van der Waals surface area contributed by atoms with Crippen LogP contribution < -0.4 is 4.74 Å². The van der Waals surface area contributed by atoms with E-state index in [9.17, 15) is 18.0 Å². The maximum atomic E-state index is 10.8. The second-order valence-corrected chi connectivity index (χ2v) is 7.22. The maximum Gasteiger partial charge on any atom is 0.513 e. The standard InChI is InChI=1S/C10H13O3S.CHF3O3S/c1-12-10(11)13-8-4-6-9(7-5-8)14(2)3;2-1(3,4)8(5,6)7/h4-7H,1-3H3;(H,5,6,7)/q+1;/p-1. The van der Waals surface area contributed by atoms with Gasteiger partial charge in [0.15, 0.2) is 15.0 Å². The average molecular weight is 362 g/mol. The Hall–Kier alpha value is -1.46. The molecule has 0 heterocycles. The van der Waals surface area contributed by atoms with Crippen molar-refractivity contribution in [1.29, 1.82) is 0 Å². The van der Waals surface area contributed by atoms with Gasteiger partial charge in [0.05, 0.1) is 7.11 Å². The molecule has 0 spiro atoms. The Kier molecular flexibility index (Phi) is 7.70. The summed E-state index contributed by atoms with van der Waals surface area (Å²) in [5.41, 5.74) is -5.65. The first kappa shape index (κ1) is 20.5. The van der Waals surface area contributed by atoms with Gasteiger partial charge in [-0.05, 0) is 24.3 Å². The van der Waals surface area contributed by atoms with E-state index in [4.69, 9.17) is 17.7 Å². The number of hydrogen-bond acceptors (Lipinski definition) is 6. The summed E-state index contributed by atoms with van der Waals surface area (Å²) in [5, 5.41) is 0. The van der Waals surface area contributed by atoms with E-state index < -0.39 is 21.8 Å². The lowest BCUT2D eigenvalue weighted by atomic mass is 10.3. The van der Waals surface area contributed by atoms with Crippen molar-refractivity contribution in [3.63, 3.8) is 0 Å². The third-order valence-electron chi connectivity index (χ3n) is 1.95. The van der Waals surface area contributed by atoms with Crippen LogP contribution in [0.5, 0.6) is 5.75 Å². The average Bonchev–Trinajstić information content (AvgIpc) is 2.37. The van der Waals surface area contributed by atoms with Crippen molar-refractivity contribution >= 4 is 27.2 Å². The van der Waals surface area contributed by atoms with Gasteiger partial charge in [-0.15, -0.1) is 0 Å². The molecule has 0 fully saturated rings. The van der Waals surface area contributed by atoms with Crippen LogP contribution in [0.3, 0.4) is 0 Å². The van der Waals surface area contributed by atoms with Crippen molar-refractivity contribution in [1.82, 2.24) is 0 Å². The first-order valence-electron chi connectivity index (χ1n) is 5.34. The van der Waals surface area contributed by atoms with E-state index in [0.29, 0.717) is 5.75 Å². The summed E-state index contributed by atoms with van der Waals surface area (Å²) < 4.78 is 68.1. The Bertz CT molecular complexity index is 581. The predicted octanol–water partition coefficient (Wildman–Crippen LogP) is 2.12. The fourth-order valence-electron chi connectivity index (χ4n) is 0.918. The maximum absolute atomic E-state index is 10.8. The third kappa shape index (κ3) is 7.52. The number of ether oxygens (including phenoxy) is 2. The Labute approximate surface area is 128 Å². The molecule has 0 aliphatic carbocycles. The number of carbonyl (C=O) groups excluding carboxylic acids is 1. The van der Waals surface area contributed by atoms with Crippen molar-refractivity contribution in [3.8, 4) is 5.75 Å². The van der Waals surface area contributed by atoms with Gasteiger partial charge >= 0.3 is 11.7 Å². The molecule has 11 heteroatoms. The van der Waals surface area contributed by atoms with Crippen molar-refractivity contribution < 1.29 is 40.4 Å². The summed E-state index contributed by atoms with van der Waals surface area (Å²) in [6, 6.07) is 7.42. The largest absolute Gasteiger partial charge is 0.741 e. The molecule has 6 nitrogen and oxygen atoms in total. The molecule has 0 aliphatic heterocycles. The summed E-state index contributed by atoms with van der Waals surface area (Å²) in [6.07, 6.45) is 3.58. The Morgan fingerprint density at radius 1 is 1.18 bits per heavy atom. The molecule has 0 saturated heterocycles. The second kappa shape index (κ2) is 8.25. The SMILES string of the molecule is COC(=O)Oc1ccc([S+](C)C)cc1.O=S(=O)([O-])C(F)(F)F. The van der Waals surface area contributed by atoms with Gasteiger partial charge in [-0.2, -0.15) is 13.2 Å². The molecular formula is C11H13F3O6S2. The zero-order chi connectivity index (χ0) is 17.6. The van der Waals surface area contributed by atoms with E-state index in [-0.39, 0.29) is 10.9 Å². The van der Waals surface area contributed by atoms with Crippen LogP contribution in [0.4, 0.5) is 18.0 Å². The van der Waals surface area contributed by atoms with E-state index in [1.54, 1.807) is 12.1 Å². The summed E-state index contributed by atoms with van der Waals surface area (Å²) >= 11 is 0. The summed E-state index contributed by atoms with van der Waals surface area (Å²) in [5.74, 6) is 0.506. The smallest absolute Gasteiger partial charge is 0.513 e. The number of methoxy groups -OCH3 is 1. The van der Waals surface area contributed by atoms with E-state index >= 15 is 0 Å². The zero-order valence-corrected chi connectivity index (χ0v) is 13.3. The Balaban J connectivity index is 0.000000472. The fourth-order valence-corrected chi connectivity index (χ4v) is 1.60. The Morgan fingerprint density at radius 2 is 1.59 bits per heavy atom. The lowest BCUT2D eigenvalue weighted by Crippen LogP contribution is -2.21. The predicted molar refractivity (Wildman–Crippen MR) is 72.7 cm³/mol. The number of carbonyl (C=O) groups is 1. The van der Waals surface area contributed by atoms with Crippen molar-refractivity contribution in [3.05, 3.63) is 24.3 Å². The molecule has 0 bridgehead atoms. The highest BCUT2D eigenvalue weighted by Crippen LogP contribution is 2.20. The van der Waals surface area contributed by atoms with Gasteiger partial charge in [0.2, 0.25) is 0 Å². The molecule has 0 atom stereocenters. The van der Waals surface area contributed by atoms with Crippen molar-refractivity contribution in [2.24, 2.45) is 0 Å². The van der Waals surface area contributed by atoms with Crippen LogP contribution in [-0.4, -0.2) is 44.3 Å². The molecule has 0 radical (unpaired) electrons. The first-order chi connectivity index (χ1) is 9.88. The summed E-state index contributed by atoms with van der Waals surface area (Å²) in [7, 11) is -4.58. The highest BCUT2D eigenvalue weighted by molar-refractivity contribution is 7.95. The molecule has 22 heavy (non-hydrogen) atoms. The van der Waals surface area contributed by atoms with Crippen LogP contribution in [0.1, 0.15) is 0 Å². The highest BCUT2D eigenvalue weighted by Gasteiger charge is 2.36. The number of hydrogen-bond donors (Lipinski definition) is 0. The lowest BCUT2D eigenvalue weighted by Gasteiger charge is -2.08. The van der Waals surface area contributed by atoms with Gasteiger partial charge in [0.1, 0.15) is 18.3 Å². The van der Waals surface area contributed by atoms with Crippen LogP contribution in [-0.2, 0) is 25.7 Å². The minimum Gasteiger partial charge on any atom is -0.741 e. The van der Waals surface area contributed by atoms with Crippen LogP contribution in [0.2, 0.25) is 0 Å². The molecule has 126 valence electrons. The minimum absolute atomic E-state index is 0.227. The van der Waals surface area contributed by atoms with E-state index in [2.05, 4.69) is 17.2 Å². The molecule has 0 amide bonds. The molecule has 0 saturated carbocycles. The normalized spacial score (nSPS) is 11.5. The van der Waals surface area contributed by atoms with E-state index in [1.165, 1.54) is 12.0 Å². The molecule has 1 aromatic rings. The van der Waals surface area contributed by atoms with Crippen LogP contribution in [0.25, 0.3) is 0 Å². The molecule has 0 aromatic heterocycles. The van der Waals surface area contributed by atoms with E-state index in [0.717, 1.165) is 0 Å². The van der Waals surface area contributed by atoms with Crippen LogP contribution >= 0.6 is 0 Å². The number of alkyl halides is 3. The minimum atomic E-state index is -6.09. The monoisotopic (exact) mass is 362 g/mol. The number of rotatable bonds is 2. The summed E-state index contributed by atoms with van der Waals surface area (Å²) in [6.45, 7) is 0. The van der Waals surface area contributed by atoms with Gasteiger partial charge in [0, 0.05) is 10.9 Å². The molecule has 0 unspecified atom stereocenters. The molecular weight excluding hydrogens is 349 g/mol. The van der Waals surface area contributed by atoms with Gasteiger partial charge in [-0.1, -0.05) is 0 Å². The second-order valence-electron chi connectivity index (χ2n) is 3.74. The zero-order valence-electron chi connectivity index (χ0n) is 11.7. The van der Waals surface area contributed by atoms with Gasteiger partial charge in [0.25, 0.3) is 0 Å². The number of benzene rings is 1. The van der Waals surface area contributed by atoms with Crippen molar-refractivity contribution in [2.75, 3.05) is 19.6 Å². The number of halogens is 3. The van der Waals surface area contributed by atoms with Crippen molar-refractivity contribution in [2.45, 2.75) is 10.4 Å². The third-order valence-corrected chi connectivity index (χ3v) is 3.73. The van der Waals surface area contributed by atoms with Gasteiger partial charge < -0.3 is 14.0 Å². The topological polar surface area (TPSA) is 92.7 Å². The lowest BCUT2D eigenvalue weighted by molar-refractivity contribution is -0.0517. The molecule has 1 rings (SSSR count).